The zero-order valence-electron chi connectivity index (χ0n) is 16.6. The Bertz CT molecular complexity index is 699. The third-order valence-electron chi connectivity index (χ3n) is 6.50. The van der Waals surface area contributed by atoms with Crippen LogP contribution < -0.4 is 10.2 Å². The number of amides is 3. The Labute approximate surface area is 173 Å². The lowest BCUT2D eigenvalue weighted by atomic mass is 9.79. The molecule has 28 heavy (non-hydrogen) atoms. The molecule has 3 aliphatic rings. The molecule has 0 bridgehead atoms. The summed E-state index contributed by atoms with van der Waals surface area (Å²) in [6.45, 7) is 4.54. The van der Waals surface area contributed by atoms with Crippen molar-refractivity contribution in [2.75, 3.05) is 44.7 Å². The number of rotatable bonds is 1. The van der Waals surface area contributed by atoms with E-state index in [4.69, 9.17) is 0 Å². The molecule has 0 unspecified atom stereocenters. The van der Waals surface area contributed by atoms with Gasteiger partial charge in [0.25, 0.3) is 0 Å². The Kier molecular flexibility index (Phi) is 6.83. The lowest BCUT2D eigenvalue weighted by Crippen LogP contribution is -2.50. The predicted octanol–water partition coefficient (Wildman–Crippen LogP) is 2.72. The first-order valence-corrected chi connectivity index (χ1v) is 10.2. The largest absolute Gasteiger partial charge is 0.340 e. The molecular formula is C21H31ClN4O2. The van der Waals surface area contributed by atoms with Crippen molar-refractivity contribution in [1.29, 1.82) is 0 Å². The van der Waals surface area contributed by atoms with E-state index in [2.05, 4.69) is 5.32 Å². The van der Waals surface area contributed by atoms with Crippen molar-refractivity contribution in [1.82, 2.24) is 15.1 Å². The van der Waals surface area contributed by atoms with Crippen LogP contribution in [-0.2, 0) is 11.3 Å². The van der Waals surface area contributed by atoms with Gasteiger partial charge in [-0.3, -0.25) is 9.69 Å². The SMILES string of the molecule is CN1Cc2ccccc2N(C(=O)N2CCC(C3CCNCC3)CC2)CC1=O.Cl. The van der Waals surface area contributed by atoms with Gasteiger partial charge in [0, 0.05) is 26.7 Å². The van der Waals surface area contributed by atoms with E-state index in [0.717, 1.165) is 62.1 Å². The number of piperidine rings is 2. The quantitative estimate of drug-likeness (QED) is 0.780. The first-order valence-electron chi connectivity index (χ1n) is 10.2. The second-order valence-corrected chi connectivity index (χ2v) is 8.16. The van der Waals surface area contributed by atoms with Crippen LogP contribution in [0.5, 0.6) is 0 Å². The fraction of sp³-hybridized carbons (Fsp3) is 0.619. The van der Waals surface area contributed by atoms with Crippen molar-refractivity contribution in [2.24, 2.45) is 11.8 Å². The van der Waals surface area contributed by atoms with Gasteiger partial charge in [-0.1, -0.05) is 18.2 Å². The van der Waals surface area contributed by atoms with E-state index in [1.165, 1.54) is 12.8 Å². The standard InChI is InChI=1S/C21H30N4O2.ClH/c1-23-14-18-4-2-3-5-19(18)25(15-20(23)26)21(27)24-12-8-17(9-13-24)16-6-10-22-11-7-16;/h2-5,16-17,22H,6-15H2,1H3;1H. The molecule has 1 aromatic carbocycles. The number of likely N-dealkylation sites (N-methyl/N-ethyl adjacent to an activating group) is 1. The van der Waals surface area contributed by atoms with E-state index in [9.17, 15) is 9.59 Å². The highest BCUT2D eigenvalue weighted by atomic mass is 35.5. The second-order valence-electron chi connectivity index (χ2n) is 8.16. The summed E-state index contributed by atoms with van der Waals surface area (Å²) in [5.41, 5.74) is 1.91. The minimum absolute atomic E-state index is 0. The zero-order chi connectivity index (χ0) is 18.8. The maximum absolute atomic E-state index is 13.3. The van der Waals surface area contributed by atoms with Gasteiger partial charge in [-0.05, 0) is 62.2 Å². The Morgan fingerprint density at radius 2 is 1.64 bits per heavy atom. The Hall–Kier alpha value is -1.79. The van der Waals surface area contributed by atoms with Crippen LogP contribution in [0.3, 0.4) is 0 Å². The number of hydrogen-bond acceptors (Lipinski definition) is 3. The van der Waals surface area contributed by atoms with Crippen molar-refractivity contribution < 1.29 is 9.59 Å². The minimum atomic E-state index is -0.0186. The molecule has 0 atom stereocenters. The van der Waals surface area contributed by atoms with Crippen LogP contribution >= 0.6 is 12.4 Å². The van der Waals surface area contributed by atoms with Crippen LogP contribution in [0.2, 0.25) is 0 Å². The molecule has 2 fully saturated rings. The number of fused-ring (bicyclic) bond motifs is 1. The van der Waals surface area contributed by atoms with Gasteiger partial charge in [0.1, 0.15) is 6.54 Å². The van der Waals surface area contributed by atoms with Gasteiger partial charge >= 0.3 is 6.03 Å². The van der Waals surface area contributed by atoms with Gasteiger partial charge in [-0.2, -0.15) is 0 Å². The fourth-order valence-electron chi connectivity index (χ4n) is 4.81. The number of benzene rings is 1. The van der Waals surface area contributed by atoms with Crippen LogP contribution in [0.1, 0.15) is 31.2 Å². The normalized spacial score (nSPS) is 21.8. The summed E-state index contributed by atoms with van der Waals surface area (Å²) in [5, 5.41) is 3.44. The molecule has 1 aromatic rings. The molecule has 0 aromatic heterocycles. The number of nitrogens with one attached hydrogen (secondary N) is 1. The fourth-order valence-corrected chi connectivity index (χ4v) is 4.81. The molecule has 0 saturated carbocycles. The van der Waals surface area contributed by atoms with Crippen LogP contribution in [0.25, 0.3) is 0 Å². The summed E-state index contributed by atoms with van der Waals surface area (Å²) < 4.78 is 0. The number of likely N-dealkylation sites (tertiary alicyclic amines) is 1. The highest BCUT2D eigenvalue weighted by Crippen LogP contribution is 2.32. The van der Waals surface area contributed by atoms with Crippen LogP contribution in [-0.4, -0.2) is 61.5 Å². The zero-order valence-corrected chi connectivity index (χ0v) is 17.4. The molecule has 154 valence electrons. The van der Waals surface area contributed by atoms with Crippen molar-refractivity contribution in [2.45, 2.75) is 32.2 Å². The van der Waals surface area contributed by atoms with Crippen molar-refractivity contribution in [3.8, 4) is 0 Å². The topological polar surface area (TPSA) is 55.9 Å². The molecule has 7 heteroatoms. The Morgan fingerprint density at radius 3 is 2.36 bits per heavy atom. The van der Waals surface area contributed by atoms with Gasteiger partial charge in [0.15, 0.2) is 0 Å². The second kappa shape index (κ2) is 9.14. The van der Waals surface area contributed by atoms with E-state index >= 15 is 0 Å². The molecule has 0 spiro atoms. The van der Waals surface area contributed by atoms with Crippen molar-refractivity contribution in [3.05, 3.63) is 29.8 Å². The lowest BCUT2D eigenvalue weighted by Gasteiger charge is -2.39. The van der Waals surface area contributed by atoms with Gasteiger partial charge < -0.3 is 15.1 Å². The molecule has 3 heterocycles. The first-order chi connectivity index (χ1) is 13.1. The van der Waals surface area contributed by atoms with Crippen molar-refractivity contribution >= 4 is 30.0 Å². The summed E-state index contributed by atoms with van der Waals surface area (Å²) in [4.78, 5) is 31.1. The number of carbonyl (C=O) groups is 2. The molecule has 2 saturated heterocycles. The van der Waals surface area contributed by atoms with E-state index in [0.29, 0.717) is 6.54 Å². The minimum Gasteiger partial charge on any atom is -0.340 e. The van der Waals surface area contributed by atoms with Gasteiger partial charge in [0.2, 0.25) is 5.91 Å². The van der Waals surface area contributed by atoms with E-state index in [-0.39, 0.29) is 30.9 Å². The highest BCUT2D eigenvalue weighted by molar-refractivity contribution is 5.99. The highest BCUT2D eigenvalue weighted by Gasteiger charge is 2.34. The van der Waals surface area contributed by atoms with Crippen LogP contribution in [0.15, 0.2) is 24.3 Å². The van der Waals surface area contributed by atoms with Gasteiger partial charge in [-0.25, -0.2) is 4.79 Å². The monoisotopic (exact) mass is 406 g/mol. The number of anilines is 1. The summed E-state index contributed by atoms with van der Waals surface area (Å²) in [5.74, 6) is 1.53. The molecule has 3 amide bonds. The smallest absolute Gasteiger partial charge is 0.324 e. The van der Waals surface area contributed by atoms with E-state index < -0.39 is 0 Å². The maximum atomic E-state index is 13.3. The number of urea groups is 1. The Morgan fingerprint density at radius 1 is 1.00 bits per heavy atom. The van der Waals surface area contributed by atoms with E-state index in [1.807, 2.05) is 29.2 Å². The Balaban J connectivity index is 0.00000225. The number of carbonyl (C=O) groups excluding carboxylic acids is 2. The lowest BCUT2D eigenvalue weighted by molar-refractivity contribution is -0.128. The molecule has 6 nitrogen and oxygen atoms in total. The average Bonchev–Trinajstić information content (AvgIpc) is 2.84. The summed E-state index contributed by atoms with van der Waals surface area (Å²) in [7, 11) is 1.80. The molecular weight excluding hydrogens is 376 g/mol. The van der Waals surface area contributed by atoms with E-state index in [1.54, 1.807) is 16.8 Å². The molecule has 3 aliphatic heterocycles. The van der Waals surface area contributed by atoms with Crippen LogP contribution in [0, 0.1) is 11.8 Å². The third-order valence-corrected chi connectivity index (χ3v) is 6.50. The number of para-hydroxylation sites is 1. The number of halogens is 1. The van der Waals surface area contributed by atoms with Gasteiger partial charge in [0.05, 0.1) is 5.69 Å². The number of nitrogens with zero attached hydrogens (tertiary/aromatic N) is 3. The summed E-state index contributed by atoms with van der Waals surface area (Å²) in [6, 6.07) is 7.86. The van der Waals surface area contributed by atoms with Gasteiger partial charge in [-0.15, -0.1) is 12.4 Å². The molecule has 0 aliphatic carbocycles. The summed E-state index contributed by atoms with van der Waals surface area (Å²) in [6.07, 6.45) is 4.69. The van der Waals surface area contributed by atoms with Crippen molar-refractivity contribution in [3.63, 3.8) is 0 Å². The average molecular weight is 407 g/mol. The first kappa shape index (κ1) is 20.9. The maximum Gasteiger partial charge on any atom is 0.324 e. The number of hydrogen-bond donors (Lipinski definition) is 1. The van der Waals surface area contributed by atoms with Crippen LogP contribution in [0.4, 0.5) is 10.5 Å². The summed E-state index contributed by atoms with van der Waals surface area (Å²) >= 11 is 0. The predicted molar refractivity (Wildman–Crippen MR) is 113 cm³/mol. The molecule has 1 N–H and O–H groups in total. The third kappa shape index (κ3) is 4.28. The molecule has 0 radical (unpaired) electrons. The molecule has 4 rings (SSSR count).